The summed E-state index contributed by atoms with van der Waals surface area (Å²) in [4.78, 5) is 13.8. The van der Waals surface area contributed by atoms with Gasteiger partial charge < -0.3 is 10.4 Å². The van der Waals surface area contributed by atoms with E-state index in [0.29, 0.717) is 0 Å². The predicted molar refractivity (Wildman–Crippen MR) is 143 cm³/mol. The van der Waals surface area contributed by atoms with Crippen molar-refractivity contribution in [3.8, 4) is 22.4 Å². The number of benzene rings is 3. The molecule has 0 saturated carbocycles. The molecular weight excluding hydrogens is 515 g/mol. The minimum atomic E-state index is -5.08. The minimum Gasteiger partial charge on any atom is -0.475 e. The SMILES string of the molecule is Cc1ccc2nc(-c3ccc(-c4cccc(Cl)c4)cc3)c(NCc3ccccc3)n2c1.O=C(O)C(F)(F)F. The number of aromatic nitrogens is 2. The zero-order valence-electron chi connectivity index (χ0n) is 20.2. The van der Waals surface area contributed by atoms with Crippen molar-refractivity contribution in [2.45, 2.75) is 19.6 Å². The van der Waals surface area contributed by atoms with Crippen LogP contribution in [0.2, 0.25) is 5.02 Å². The van der Waals surface area contributed by atoms with Crippen molar-refractivity contribution in [1.82, 2.24) is 9.38 Å². The highest BCUT2D eigenvalue weighted by atomic mass is 35.5. The Bertz CT molecular complexity index is 1550. The van der Waals surface area contributed by atoms with Gasteiger partial charge in [0.05, 0.1) is 0 Å². The quantitative estimate of drug-likeness (QED) is 0.239. The third kappa shape index (κ3) is 6.52. The summed E-state index contributed by atoms with van der Waals surface area (Å²) in [5, 5.41) is 11.5. The fourth-order valence-electron chi connectivity index (χ4n) is 3.79. The largest absolute Gasteiger partial charge is 0.490 e. The number of hydrogen-bond acceptors (Lipinski definition) is 3. The standard InChI is InChI=1S/C27H22ClN3.C2HF3O2/c1-19-10-15-25-30-26(27(31(25)18-19)29-17-20-6-3-2-4-7-20)22-13-11-21(12-14-22)23-8-5-9-24(28)16-23;3-2(4,5)1(6)7/h2-16,18,29H,17H2,1H3;(H,6,7). The van der Waals surface area contributed by atoms with Gasteiger partial charge in [0.1, 0.15) is 17.2 Å². The van der Waals surface area contributed by atoms with Gasteiger partial charge in [0.2, 0.25) is 0 Å². The van der Waals surface area contributed by atoms with E-state index in [1.165, 1.54) is 11.1 Å². The van der Waals surface area contributed by atoms with Crippen molar-refractivity contribution in [3.05, 3.63) is 113 Å². The number of carboxylic acids is 1. The number of fused-ring (bicyclic) bond motifs is 1. The van der Waals surface area contributed by atoms with Crippen LogP contribution in [-0.2, 0) is 11.3 Å². The fourth-order valence-corrected chi connectivity index (χ4v) is 3.98. The molecule has 0 amide bonds. The summed E-state index contributed by atoms with van der Waals surface area (Å²) < 4.78 is 33.9. The average Bonchev–Trinajstić information content (AvgIpc) is 3.25. The Labute approximate surface area is 222 Å². The molecule has 0 aliphatic heterocycles. The number of nitrogens with one attached hydrogen (secondary N) is 1. The zero-order valence-corrected chi connectivity index (χ0v) is 21.0. The van der Waals surface area contributed by atoms with Crippen molar-refractivity contribution in [2.24, 2.45) is 0 Å². The molecule has 0 saturated heterocycles. The maximum atomic E-state index is 10.6. The second-order valence-corrected chi connectivity index (χ2v) is 8.91. The number of hydrogen-bond donors (Lipinski definition) is 2. The van der Waals surface area contributed by atoms with Gasteiger partial charge in [-0.05, 0) is 47.4 Å². The summed E-state index contributed by atoms with van der Waals surface area (Å²) in [6.07, 6.45) is -2.96. The summed E-state index contributed by atoms with van der Waals surface area (Å²) in [7, 11) is 0. The highest BCUT2D eigenvalue weighted by molar-refractivity contribution is 6.30. The van der Waals surface area contributed by atoms with Gasteiger partial charge in [-0.2, -0.15) is 13.2 Å². The van der Waals surface area contributed by atoms with Crippen LogP contribution in [0.15, 0.2) is 97.2 Å². The van der Waals surface area contributed by atoms with Gasteiger partial charge in [-0.3, -0.25) is 4.40 Å². The number of imidazole rings is 1. The summed E-state index contributed by atoms with van der Waals surface area (Å²) in [5.74, 6) is -1.76. The van der Waals surface area contributed by atoms with E-state index in [-0.39, 0.29) is 0 Å². The number of rotatable bonds is 5. The maximum Gasteiger partial charge on any atom is 0.490 e. The number of carbonyl (C=O) groups is 1. The number of pyridine rings is 1. The molecule has 194 valence electrons. The number of alkyl halides is 3. The molecule has 5 rings (SSSR count). The van der Waals surface area contributed by atoms with Crippen LogP contribution in [0.4, 0.5) is 19.0 Å². The first-order valence-electron chi connectivity index (χ1n) is 11.5. The van der Waals surface area contributed by atoms with Crippen LogP contribution < -0.4 is 5.32 Å². The van der Waals surface area contributed by atoms with Crippen LogP contribution in [0.3, 0.4) is 0 Å². The van der Waals surface area contributed by atoms with E-state index in [4.69, 9.17) is 26.5 Å². The van der Waals surface area contributed by atoms with Crippen LogP contribution in [0.5, 0.6) is 0 Å². The normalized spacial score (nSPS) is 11.1. The summed E-state index contributed by atoms with van der Waals surface area (Å²) in [5.41, 5.74) is 7.59. The molecule has 2 N–H and O–H groups in total. The van der Waals surface area contributed by atoms with E-state index in [2.05, 4.69) is 89.6 Å². The second kappa shape index (κ2) is 11.4. The zero-order chi connectivity index (χ0) is 27.3. The molecule has 0 unspecified atom stereocenters. The number of halogens is 4. The van der Waals surface area contributed by atoms with Gasteiger partial charge in [-0.25, -0.2) is 9.78 Å². The third-order valence-electron chi connectivity index (χ3n) is 5.63. The van der Waals surface area contributed by atoms with E-state index in [1.54, 1.807) is 0 Å². The molecule has 5 nitrogen and oxygen atoms in total. The van der Waals surface area contributed by atoms with Crippen LogP contribution in [0, 0.1) is 6.92 Å². The Morgan fingerprint density at radius 2 is 1.58 bits per heavy atom. The molecule has 5 aromatic rings. The first-order chi connectivity index (χ1) is 18.1. The number of nitrogens with zero attached hydrogens (tertiary/aromatic N) is 2. The molecule has 0 aliphatic rings. The summed E-state index contributed by atoms with van der Waals surface area (Å²) in [6, 6.07) is 31.0. The van der Waals surface area contributed by atoms with E-state index in [1.807, 2.05) is 24.3 Å². The Kier molecular flexibility index (Phi) is 8.02. The van der Waals surface area contributed by atoms with Gasteiger partial charge >= 0.3 is 12.1 Å². The number of aliphatic carboxylic acids is 1. The van der Waals surface area contributed by atoms with E-state index >= 15 is 0 Å². The number of aryl methyl sites for hydroxylation is 1. The lowest BCUT2D eigenvalue weighted by Crippen LogP contribution is -2.21. The average molecular weight is 538 g/mol. The molecule has 0 aliphatic carbocycles. The first-order valence-corrected chi connectivity index (χ1v) is 11.9. The van der Waals surface area contributed by atoms with E-state index < -0.39 is 12.1 Å². The molecular formula is C29H23ClF3N3O2. The summed E-state index contributed by atoms with van der Waals surface area (Å²) >= 11 is 6.16. The van der Waals surface area contributed by atoms with Crippen molar-refractivity contribution in [2.75, 3.05) is 5.32 Å². The van der Waals surface area contributed by atoms with Crippen molar-refractivity contribution in [3.63, 3.8) is 0 Å². The first kappa shape index (κ1) is 26.8. The maximum absolute atomic E-state index is 10.6. The molecule has 0 fully saturated rings. The highest BCUT2D eigenvalue weighted by Crippen LogP contribution is 2.32. The smallest absolute Gasteiger partial charge is 0.475 e. The lowest BCUT2D eigenvalue weighted by molar-refractivity contribution is -0.192. The van der Waals surface area contributed by atoms with E-state index in [9.17, 15) is 13.2 Å². The topological polar surface area (TPSA) is 66.6 Å². The van der Waals surface area contributed by atoms with Crippen LogP contribution in [0.25, 0.3) is 28.0 Å². The van der Waals surface area contributed by atoms with E-state index in [0.717, 1.165) is 45.4 Å². The second-order valence-electron chi connectivity index (χ2n) is 8.47. The minimum absolute atomic E-state index is 0.732. The molecule has 38 heavy (non-hydrogen) atoms. The monoisotopic (exact) mass is 537 g/mol. The molecule has 2 heterocycles. The molecule has 0 spiro atoms. The Morgan fingerprint density at radius 1 is 0.921 bits per heavy atom. The Hall–Kier alpha value is -4.30. The van der Waals surface area contributed by atoms with Crippen LogP contribution in [0.1, 0.15) is 11.1 Å². The van der Waals surface area contributed by atoms with Crippen molar-refractivity contribution < 1.29 is 23.1 Å². The molecule has 0 bridgehead atoms. The molecule has 0 atom stereocenters. The predicted octanol–water partition coefficient (Wildman–Crippen LogP) is 7.88. The van der Waals surface area contributed by atoms with Gasteiger partial charge in [0.25, 0.3) is 0 Å². The molecule has 9 heteroatoms. The van der Waals surface area contributed by atoms with Crippen LogP contribution in [-0.4, -0.2) is 26.6 Å². The summed E-state index contributed by atoms with van der Waals surface area (Å²) in [6.45, 7) is 2.83. The van der Waals surface area contributed by atoms with Gasteiger partial charge in [0.15, 0.2) is 0 Å². The van der Waals surface area contributed by atoms with Crippen molar-refractivity contribution >= 4 is 29.0 Å². The lowest BCUT2D eigenvalue weighted by atomic mass is 10.0. The Morgan fingerprint density at radius 3 is 2.21 bits per heavy atom. The van der Waals surface area contributed by atoms with Gasteiger partial charge in [0, 0.05) is 23.3 Å². The highest BCUT2D eigenvalue weighted by Gasteiger charge is 2.38. The molecule has 3 aromatic carbocycles. The number of anilines is 1. The molecule has 0 radical (unpaired) electrons. The van der Waals surface area contributed by atoms with Gasteiger partial charge in [-0.1, -0.05) is 84.4 Å². The lowest BCUT2D eigenvalue weighted by Gasteiger charge is -2.10. The Balaban J connectivity index is 0.000000426. The van der Waals surface area contributed by atoms with Crippen LogP contribution >= 0.6 is 11.6 Å². The number of carboxylic acid groups (broad SMARTS) is 1. The van der Waals surface area contributed by atoms with Crippen molar-refractivity contribution in [1.29, 1.82) is 0 Å². The fraction of sp³-hybridized carbons (Fsp3) is 0.103. The third-order valence-corrected chi connectivity index (χ3v) is 5.86. The molecule has 2 aromatic heterocycles. The van der Waals surface area contributed by atoms with Gasteiger partial charge in [-0.15, -0.1) is 0 Å².